The monoisotopic (exact) mass is 332 g/mol. The Hall–Kier alpha value is -0.790. The van der Waals surface area contributed by atoms with Gasteiger partial charge in [0.05, 0.1) is 0 Å². The third kappa shape index (κ3) is 3.35. The van der Waals surface area contributed by atoms with E-state index in [0.29, 0.717) is 23.5 Å². The Morgan fingerprint density at radius 3 is 2.86 bits per heavy atom. The number of sulfone groups is 1. The number of halogens is 1. The molecule has 7 heteroatoms. The van der Waals surface area contributed by atoms with Gasteiger partial charge in [-0.3, -0.25) is 0 Å². The minimum absolute atomic E-state index is 0.0809. The maximum atomic E-state index is 14.1. The number of hydrogen-bond acceptors (Lipinski definition) is 5. The van der Waals surface area contributed by atoms with E-state index in [9.17, 15) is 12.8 Å². The molecule has 2 N–H and O–H groups in total. The van der Waals surface area contributed by atoms with Crippen LogP contribution in [0.2, 0.25) is 0 Å². The maximum Gasteiger partial charge on any atom is 0.171 e. The van der Waals surface area contributed by atoms with Crippen molar-refractivity contribution >= 4 is 27.3 Å². The molecule has 4 nitrogen and oxygen atoms in total. The Morgan fingerprint density at radius 2 is 2.24 bits per heavy atom. The van der Waals surface area contributed by atoms with Crippen molar-refractivity contribution in [2.75, 3.05) is 28.7 Å². The summed E-state index contributed by atoms with van der Waals surface area (Å²) in [7, 11) is -3.23. The molecule has 0 saturated carbocycles. The standard InChI is InChI=1S/C14H21FN2O2S2/c1-3-21(18,19)13-9-20-8-7-17(13)12-6-4-5-11(15)14(12)10(2)16/h4-6,10,13H,3,7-9,16H2,1-2H3. The third-order valence-electron chi connectivity index (χ3n) is 3.70. The summed E-state index contributed by atoms with van der Waals surface area (Å²) in [6, 6.07) is 4.24. The Bertz CT molecular complexity index is 605. The predicted octanol–water partition coefficient (Wildman–Crippen LogP) is 2.16. The highest BCUT2D eigenvalue weighted by Gasteiger charge is 2.34. The number of anilines is 1. The largest absolute Gasteiger partial charge is 0.353 e. The first-order valence-electron chi connectivity index (χ1n) is 6.98. The van der Waals surface area contributed by atoms with E-state index in [0.717, 1.165) is 5.75 Å². The molecule has 0 spiro atoms. The maximum absolute atomic E-state index is 14.1. The molecule has 21 heavy (non-hydrogen) atoms. The van der Waals surface area contributed by atoms with Crippen LogP contribution >= 0.6 is 11.8 Å². The van der Waals surface area contributed by atoms with Crippen molar-refractivity contribution < 1.29 is 12.8 Å². The second-order valence-corrected chi connectivity index (χ2v) is 8.73. The van der Waals surface area contributed by atoms with E-state index >= 15 is 0 Å². The van der Waals surface area contributed by atoms with Crippen molar-refractivity contribution in [2.45, 2.75) is 25.3 Å². The Kier molecular flexibility index (Phi) is 5.16. The van der Waals surface area contributed by atoms with Crippen molar-refractivity contribution in [2.24, 2.45) is 5.73 Å². The van der Waals surface area contributed by atoms with Gasteiger partial charge < -0.3 is 10.6 Å². The minimum Gasteiger partial charge on any atom is -0.353 e. The van der Waals surface area contributed by atoms with E-state index in [-0.39, 0.29) is 11.6 Å². The Morgan fingerprint density at radius 1 is 1.52 bits per heavy atom. The number of benzene rings is 1. The first-order valence-corrected chi connectivity index (χ1v) is 9.85. The fourth-order valence-corrected chi connectivity index (χ4v) is 5.56. The van der Waals surface area contributed by atoms with E-state index in [4.69, 9.17) is 5.73 Å². The molecule has 1 aromatic carbocycles. The van der Waals surface area contributed by atoms with E-state index in [2.05, 4.69) is 0 Å². The van der Waals surface area contributed by atoms with E-state index in [1.165, 1.54) is 6.07 Å². The van der Waals surface area contributed by atoms with Crippen LogP contribution in [0.15, 0.2) is 18.2 Å². The van der Waals surface area contributed by atoms with Crippen LogP contribution in [0.1, 0.15) is 25.5 Å². The zero-order valence-electron chi connectivity index (χ0n) is 12.3. The van der Waals surface area contributed by atoms with Gasteiger partial charge >= 0.3 is 0 Å². The molecule has 0 aromatic heterocycles. The van der Waals surface area contributed by atoms with Crippen LogP contribution in [0.25, 0.3) is 0 Å². The Balaban J connectivity index is 2.50. The second-order valence-electron chi connectivity index (χ2n) is 5.14. The fraction of sp³-hybridized carbons (Fsp3) is 0.571. The van der Waals surface area contributed by atoms with Gasteiger partial charge in [0, 0.05) is 41.1 Å². The quantitative estimate of drug-likeness (QED) is 0.915. The molecule has 2 rings (SSSR count). The summed E-state index contributed by atoms with van der Waals surface area (Å²) in [5.41, 5.74) is 6.88. The number of nitrogens with two attached hydrogens (primary N) is 1. The summed E-state index contributed by atoms with van der Waals surface area (Å²) in [6.07, 6.45) is 0. The van der Waals surface area contributed by atoms with Crippen LogP contribution in [0, 0.1) is 5.82 Å². The lowest BCUT2D eigenvalue weighted by Gasteiger charge is -2.38. The average Bonchev–Trinajstić information content (AvgIpc) is 2.46. The first-order chi connectivity index (χ1) is 9.88. The molecule has 1 fully saturated rings. The number of hydrogen-bond donors (Lipinski definition) is 1. The molecule has 1 saturated heterocycles. The second kappa shape index (κ2) is 6.54. The van der Waals surface area contributed by atoms with E-state index in [1.807, 2.05) is 0 Å². The van der Waals surface area contributed by atoms with Crippen LogP contribution in [-0.2, 0) is 9.84 Å². The molecule has 1 aliphatic rings. The van der Waals surface area contributed by atoms with Gasteiger partial charge in [-0.15, -0.1) is 0 Å². The number of thioether (sulfide) groups is 1. The van der Waals surface area contributed by atoms with E-state index in [1.54, 1.807) is 42.6 Å². The van der Waals surface area contributed by atoms with Gasteiger partial charge in [0.2, 0.25) is 0 Å². The van der Waals surface area contributed by atoms with Crippen LogP contribution in [-0.4, -0.2) is 37.6 Å². The summed E-state index contributed by atoms with van der Waals surface area (Å²) in [5.74, 6) is 1.03. The molecule has 0 bridgehead atoms. The third-order valence-corrected chi connectivity index (χ3v) is 6.98. The lowest BCUT2D eigenvalue weighted by molar-refractivity contribution is 0.573. The molecular formula is C14H21FN2O2S2. The topological polar surface area (TPSA) is 63.4 Å². The van der Waals surface area contributed by atoms with Crippen molar-refractivity contribution in [1.82, 2.24) is 0 Å². The van der Waals surface area contributed by atoms with Crippen molar-refractivity contribution in [3.05, 3.63) is 29.6 Å². The van der Waals surface area contributed by atoms with Crippen LogP contribution < -0.4 is 10.6 Å². The van der Waals surface area contributed by atoms with Gasteiger partial charge in [-0.1, -0.05) is 13.0 Å². The van der Waals surface area contributed by atoms with Gasteiger partial charge in [0.15, 0.2) is 9.84 Å². The van der Waals surface area contributed by atoms with Gasteiger partial charge in [0.1, 0.15) is 11.2 Å². The van der Waals surface area contributed by atoms with Crippen LogP contribution in [0.5, 0.6) is 0 Å². The smallest absolute Gasteiger partial charge is 0.171 e. The van der Waals surface area contributed by atoms with Gasteiger partial charge in [0.25, 0.3) is 0 Å². The summed E-state index contributed by atoms with van der Waals surface area (Å²) >= 11 is 1.62. The van der Waals surface area contributed by atoms with Gasteiger partial charge in [-0.2, -0.15) is 11.8 Å². The molecule has 0 aliphatic carbocycles. The van der Waals surface area contributed by atoms with Crippen molar-refractivity contribution in [3.8, 4) is 0 Å². The SMILES string of the molecule is CCS(=O)(=O)C1CSCCN1c1cccc(F)c1C(C)N. The molecule has 0 radical (unpaired) electrons. The summed E-state index contributed by atoms with van der Waals surface area (Å²) in [5, 5.41) is -0.611. The lowest BCUT2D eigenvalue weighted by atomic mass is 10.0. The normalized spacial score (nSPS) is 21.3. The van der Waals surface area contributed by atoms with Crippen molar-refractivity contribution in [3.63, 3.8) is 0 Å². The molecular weight excluding hydrogens is 311 g/mol. The molecule has 2 atom stereocenters. The zero-order chi connectivity index (χ0) is 15.6. The highest BCUT2D eigenvalue weighted by Crippen LogP contribution is 2.33. The van der Waals surface area contributed by atoms with Gasteiger partial charge in [-0.25, -0.2) is 12.8 Å². The van der Waals surface area contributed by atoms with Crippen LogP contribution in [0.4, 0.5) is 10.1 Å². The molecule has 0 amide bonds. The lowest BCUT2D eigenvalue weighted by Crippen LogP contribution is -2.48. The zero-order valence-corrected chi connectivity index (χ0v) is 13.9. The minimum atomic E-state index is -3.23. The molecule has 118 valence electrons. The number of rotatable bonds is 4. The van der Waals surface area contributed by atoms with Crippen molar-refractivity contribution in [1.29, 1.82) is 0 Å². The molecule has 2 unspecified atom stereocenters. The highest BCUT2D eigenvalue weighted by molar-refractivity contribution is 8.01. The van der Waals surface area contributed by atoms with Gasteiger partial charge in [-0.05, 0) is 19.1 Å². The first kappa shape index (κ1) is 16.6. The molecule has 1 aromatic rings. The summed E-state index contributed by atoms with van der Waals surface area (Å²) in [6.45, 7) is 3.94. The highest BCUT2D eigenvalue weighted by atomic mass is 32.2. The molecule has 1 heterocycles. The summed E-state index contributed by atoms with van der Waals surface area (Å²) in [4.78, 5) is 1.80. The van der Waals surface area contributed by atoms with Crippen LogP contribution in [0.3, 0.4) is 0 Å². The predicted molar refractivity (Wildman–Crippen MR) is 86.9 cm³/mol. The number of nitrogens with zero attached hydrogens (tertiary/aromatic N) is 1. The fourth-order valence-electron chi connectivity index (χ4n) is 2.57. The van der Waals surface area contributed by atoms with E-state index < -0.39 is 21.3 Å². The summed E-state index contributed by atoms with van der Waals surface area (Å²) < 4.78 is 38.7. The molecule has 1 aliphatic heterocycles. The Labute approximate surface area is 129 Å². The average molecular weight is 332 g/mol.